The molecule has 2 heterocycles. The number of fused-ring (bicyclic) bond motifs is 7. The molecule has 0 spiro atoms. The first-order valence-corrected chi connectivity index (χ1v) is 6.38. The molecule has 2 aromatic carbocycles. The summed E-state index contributed by atoms with van der Waals surface area (Å²) >= 11 is 0. The molecule has 2 heteroatoms. The smallest absolute Gasteiger partial charge is 0.115 e. The molecule has 0 fully saturated rings. The van der Waals surface area contributed by atoms with Gasteiger partial charge in [-0.05, 0) is 47.7 Å². The van der Waals surface area contributed by atoms with Gasteiger partial charge in [-0.25, -0.2) is 0 Å². The van der Waals surface area contributed by atoms with E-state index in [0.717, 1.165) is 6.42 Å². The molecular formula is C16H15NO. The van der Waals surface area contributed by atoms with Crippen LogP contribution < -0.4 is 5.32 Å². The molecule has 4 rings (SSSR count). The highest BCUT2D eigenvalue weighted by atomic mass is 16.3. The van der Waals surface area contributed by atoms with Crippen molar-refractivity contribution >= 4 is 0 Å². The zero-order valence-corrected chi connectivity index (χ0v) is 10.3. The Morgan fingerprint density at radius 3 is 2.89 bits per heavy atom. The number of aromatic hydroxyl groups is 1. The van der Waals surface area contributed by atoms with E-state index in [1.807, 2.05) is 6.07 Å². The van der Waals surface area contributed by atoms with Crippen molar-refractivity contribution in [1.82, 2.24) is 5.32 Å². The van der Waals surface area contributed by atoms with E-state index in [0.29, 0.717) is 11.8 Å². The van der Waals surface area contributed by atoms with Crippen LogP contribution in [0, 0.1) is 0 Å². The highest BCUT2D eigenvalue weighted by molar-refractivity contribution is 5.56. The van der Waals surface area contributed by atoms with Crippen LogP contribution in [0.5, 0.6) is 5.75 Å². The van der Waals surface area contributed by atoms with Crippen LogP contribution in [-0.2, 0) is 12.0 Å². The highest BCUT2D eigenvalue weighted by Gasteiger charge is 2.45. The third-order valence-electron chi connectivity index (χ3n) is 4.39. The largest absolute Gasteiger partial charge is 0.508 e. The molecule has 2 aromatic rings. The molecule has 2 nitrogen and oxygen atoms in total. The van der Waals surface area contributed by atoms with E-state index in [-0.39, 0.29) is 5.54 Å². The molecule has 0 aliphatic carbocycles. The van der Waals surface area contributed by atoms with Crippen molar-refractivity contribution in [2.24, 2.45) is 0 Å². The summed E-state index contributed by atoms with van der Waals surface area (Å²) in [5, 5.41) is 13.5. The van der Waals surface area contributed by atoms with Crippen LogP contribution in [-0.4, -0.2) is 5.11 Å². The fourth-order valence-electron chi connectivity index (χ4n) is 3.57. The summed E-state index contributed by atoms with van der Waals surface area (Å²) < 4.78 is 0. The summed E-state index contributed by atoms with van der Waals surface area (Å²) in [7, 11) is 0. The van der Waals surface area contributed by atoms with Crippen molar-refractivity contribution in [3.8, 4) is 5.75 Å². The number of hydrogen-bond acceptors (Lipinski definition) is 2. The molecule has 2 aliphatic rings. The Kier molecular flexibility index (Phi) is 1.78. The minimum Gasteiger partial charge on any atom is -0.508 e. The van der Waals surface area contributed by atoms with Crippen molar-refractivity contribution < 1.29 is 5.11 Å². The fraction of sp³-hybridized carbons (Fsp3) is 0.250. The predicted octanol–water partition coefficient (Wildman–Crippen LogP) is 2.86. The molecule has 0 aromatic heterocycles. The van der Waals surface area contributed by atoms with Crippen LogP contribution in [0.1, 0.15) is 35.2 Å². The molecule has 0 amide bonds. The number of phenolic OH excluding ortho intramolecular Hbond substituents is 1. The molecule has 0 saturated carbocycles. The summed E-state index contributed by atoms with van der Waals surface area (Å²) in [5.41, 5.74) is 5.14. The summed E-state index contributed by atoms with van der Waals surface area (Å²) in [4.78, 5) is 0. The van der Waals surface area contributed by atoms with Crippen molar-refractivity contribution in [2.75, 3.05) is 0 Å². The highest BCUT2D eigenvalue weighted by Crippen LogP contribution is 2.48. The van der Waals surface area contributed by atoms with Gasteiger partial charge in [0.05, 0.1) is 5.54 Å². The molecule has 0 saturated heterocycles. The average Bonchev–Trinajstić information content (AvgIpc) is 2.59. The van der Waals surface area contributed by atoms with Gasteiger partial charge in [0, 0.05) is 6.04 Å². The number of benzene rings is 2. The van der Waals surface area contributed by atoms with E-state index in [4.69, 9.17) is 0 Å². The first-order valence-electron chi connectivity index (χ1n) is 6.38. The van der Waals surface area contributed by atoms with Crippen molar-refractivity contribution in [3.05, 3.63) is 64.7 Å². The maximum atomic E-state index is 9.75. The third-order valence-corrected chi connectivity index (χ3v) is 4.39. The Hall–Kier alpha value is -1.80. The Balaban J connectivity index is 2.04. The maximum Gasteiger partial charge on any atom is 0.115 e. The van der Waals surface area contributed by atoms with E-state index in [1.54, 1.807) is 6.07 Å². The van der Waals surface area contributed by atoms with Crippen molar-refractivity contribution in [2.45, 2.75) is 24.9 Å². The minimum atomic E-state index is -0.159. The standard InChI is InChI=1S/C16H15NO/c1-16-13-5-3-2-4-10(13)8-15(17-16)12-7-6-11(18)9-14(12)16/h2-7,9,15,17-18H,8H2,1H3/t15-,16+/m0/s1. The second-order valence-corrected chi connectivity index (χ2v) is 5.45. The van der Waals surface area contributed by atoms with Crippen LogP contribution in [0.25, 0.3) is 0 Å². The second-order valence-electron chi connectivity index (χ2n) is 5.45. The minimum absolute atomic E-state index is 0.159. The van der Waals surface area contributed by atoms with Gasteiger partial charge < -0.3 is 5.11 Å². The van der Waals surface area contributed by atoms with Crippen LogP contribution in [0.4, 0.5) is 0 Å². The Morgan fingerprint density at radius 1 is 1.17 bits per heavy atom. The topological polar surface area (TPSA) is 32.3 Å². The lowest BCUT2D eigenvalue weighted by Crippen LogP contribution is -2.41. The molecular weight excluding hydrogens is 222 g/mol. The molecule has 90 valence electrons. The zero-order chi connectivity index (χ0) is 12.3. The Bertz CT molecular complexity index is 649. The quantitative estimate of drug-likeness (QED) is 0.738. The molecule has 2 aliphatic heterocycles. The molecule has 0 radical (unpaired) electrons. The maximum absolute atomic E-state index is 9.75. The molecule has 0 unspecified atom stereocenters. The van der Waals surface area contributed by atoms with Gasteiger partial charge in [-0.3, -0.25) is 5.32 Å². The lowest BCUT2D eigenvalue weighted by molar-refractivity contribution is 0.388. The first-order chi connectivity index (χ1) is 8.68. The molecule has 2 bridgehead atoms. The summed E-state index contributed by atoms with van der Waals surface area (Å²) in [6.07, 6.45) is 1.03. The average molecular weight is 237 g/mol. The van der Waals surface area contributed by atoms with Crippen LogP contribution >= 0.6 is 0 Å². The van der Waals surface area contributed by atoms with Gasteiger partial charge in [-0.15, -0.1) is 0 Å². The zero-order valence-electron chi connectivity index (χ0n) is 10.3. The Morgan fingerprint density at radius 2 is 2.00 bits per heavy atom. The van der Waals surface area contributed by atoms with E-state index < -0.39 is 0 Å². The van der Waals surface area contributed by atoms with Crippen LogP contribution in [0.15, 0.2) is 42.5 Å². The third kappa shape index (κ3) is 1.11. The van der Waals surface area contributed by atoms with Crippen molar-refractivity contribution in [3.63, 3.8) is 0 Å². The number of phenols is 1. The van der Waals surface area contributed by atoms with E-state index in [9.17, 15) is 5.11 Å². The van der Waals surface area contributed by atoms with E-state index in [2.05, 4.69) is 42.6 Å². The molecule has 2 N–H and O–H groups in total. The normalized spacial score (nSPS) is 27.7. The van der Waals surface area contributed by atoms with Crippen molar-refractivity contribution in [1.29, 1.82) is 0 Å². The molecule has 18 heavy (non-hydrogen) atoms. The Labute approximate surface area is 106 Å². The second kappa shape index (κ2) is 3.15. The number of hydrogen-bond donors (Lipinski definition) is 2. The van der Waals surface area contributed by atoms with Gasteiger partial charge in [0.15, 0.2) is 0 Å². The number of nitrogens with one attached hydrogen (secondary N) is 1. The summed E-state index contributed by atoms with van der Waals surface area (Å²) in [6.45, 7) is 2.21. The fourth-order valence-corrected chi connectivity index (χ4v) is 3.57. The molecule has 2 atom stereocenters. The van der Waals surface area contributed by atoms with Gasteiger partial charge in [-0.1, -0.05) is 30.3 Å². The SMILES string of the molecule is C[C@@]12N[C@@H](Cc3ccccc31)c1ccc(O)cc12. The van der Waals surface area contributed by atoms with Gasteiger partial charge in [0.1, 0.15) is 5.75 Å². The van der Waals surface area contributed by atoms with Gasteiger partial charge in [0.25, 0.3) is 0 Å². The van der Waals surface area contributed by atoms with Gasteiger partial charge >= 0.3 is 0 Å². The van der Waals surface area contributed by atoms with Gasteiger partial charge in [-0.2, -0.15) is 0 Å². The van der Waals surface area contributed by atoms with Gasteiger partial charge in [0.2, 0.25) is 0 Å². The van der Waals surface area contributed by atoms with Crippen LogP contribution in [0.3, 0.4) is 0 Å². The predicted molar refractivity (Wildman–Crippen MR) is 70.6 cm³/mol. The van der Waals surface area contributed by atoms with E-state index >= 15 is 0 Å². The number of rotatable bonds is 0. The lowest BCUT2D eigenvalue weighted by Gasteiger charge is -2.34. The summed E-state index contributed by atoms with van der Waals surface area (Å²) in [6, 6.07) is 14.7. The van der Waals surface area contributed by atoms with Crippen LogP contribution in [0.2, 0.25) is 0 Å². The lowest BCUT2D eigenvalue weighted by atomic mass is 9.82. The monoisotopic (exact) mass is 237 g/mol. The van der Waals surface area contributed by atoms with E-state index in [1.165, 1.54) is 22.3 Å². The first kappa shape index (κ1) is 10.2. The summed E-state index contributed by atoms with van der Waals surface area (Å²) in [5.74, 6) is 0.349.